The molecule has 0 saturated heterocycles. The second kappa shape index (κ2) is 6.64. The predicted octanol–water partition coefficient (Wildman–Crippen LogP) is 2.81. The second-order valence-corrected chi connectivity index (χ2v) is 7.75. The van der Waals surface area contributed by atoms with E-state index in [1.54, 1.807) is 48.7 Å². The van der Waals surface area contributed by atoms with Crippen molar-refractivity contribution in [2.24, 2.45) is 0 Å². The van der Waals surface area contributed by atoms with Crippen LogP contribution >= 0.6 is 0 Å². The molecule has 0 aliphatic rings. The number of methoxy groups -OCH3 is 1. The smallest absolute Gasteiger partial charge is 0.267 e. The van der Waals surface area contributed by atoms with Gasteiger partial charge in [0, 0.05) is 24.2 Å². The molecule has 144 valence electrons. The Balaban J connectivity index is 1.77. The number of imidazole rings is 1. The van der Waals surface area contributed by atoms with Crippen molar-refractivity contribution in [1.29, 1.82) is 0 Å². The van der Waals surface area contributed by atoms with Crippen LogP contribution in [0.25, 0.3) is 17.0 Å². The number of hydrogen-bond acceptors (Lipinski definition) is 7. The summed E-state index contributed by atoms with van der Waals surface area (Å²) in [5.41, 5.74) is 1.93. The molecule has 3 aromatic heterocycles. The molecule has 4 rings (SSSR count). The third-order valence-corrected chi connectivity index (χ3v) is 5.82. The Labute approximate surface area is 161 Å². The van der Waals surface area contributed by atoms with Gasteiger partial charge in [-0.25, -0.2) is 18.4 Å². The van der Waals surface area contributed by atoms with Crippen molar-refractivity contribution in [2.45, 2.75) is 18.7 Å². The summed E-state index contributed by atoms with van der Waals surface area (Å²) in [5.74, 6) is 1.14. The molecule has 0 spiro atoms. The highest BCUT2D eigenvalue weighted by atomic mass is 32.2. The number of nitrogens with one attached hydrogen (secondary N) is 1. The molecule has 0 aliphatic heterocycles. The van der Waals surface area contributed by atoms with Gasteiger partial charge < -0.3 is 9.26 Å². The van der Waals surface area contributed by atoms with E-state index in [0.717, 1.165) is 0 Å². The van der Waals surface area contributed by atoms with E-state index in [9.17, 15) is 8.42 Å². The van der Waals surface area contributed by atoms with E-state index in [1.165, 1.54) is 7.11 Å². The Bertz CT molecular complexity index is 1220. The summed E-state index contributed by atoms with van der Waals surface area (Å²) < 4.78 is 40.4. The number of aryl methyl sites for hydroxylation is 2. The fourth-order valence-electron chi connectivity index (χ4n) is 2.97. The summed E-state index contributed by atoms with van der Waals surface area (Å²) in [6.07, 6.45) is 5.31. The van der Waals surface area contributed by atoms with E-state index in [-0.39, 0.29) is 22.0 Å². The number of rotatable bonds is 5. The van der Waals surface area contributed by atoms with Gasteiger partial charge in [-0.05, 0) is 38.1 Å². The van der Waals surface area contributed by atoms with Gasteiger partial charge in [0.05, 0.1) is 18.5 Å². The third kappa shape index (κ3) is 3.07. The van der Waals surface area contributed by atoms with E-state index in [4.69, 9.17) is 9.26 Å². The van der Waals surface area contributed by atoms with Gasteiger partial charge in [-0.1, -0.05) is 5.16 Å². The minimum Gasteiger partial charge on any atom is -0.495 e. The molecule has 0 fully saturated rings. The fraction of sp³-hybridized carbons (Fsp3) is 0.167. The maximum absolute atomic E-state index is 12.9. The molecule has 4 aromatic rings. The summed E-state index contributed by atoms with van der Waals surface area (Å²) in [6, 6.07) is 6.94. The van der Waals surface area contributed by atoms with Gasteiger partial charge in [-0.3, -0.25) is 9.12 Å². The summed E-state index contributed by atoms with van der Waals surface area (Å²) >= 11 is 0. The molecule has 3 heterocycles. The molecule has 0 atom stereocenters. The molecule has 9 nitrogen and oxygen atoms in total. The van der Waals surface area contributed by atoms with Crippen LogP contribution < -0.4 is 9.46 Å². The summed E-state index contributed by atoms with van der Waals surface area (Å²) in [4.78, 5) is 8.67. The van der Waals surface area contributed by atoms with Crippen molar-refractivity contribution in [3.63, 3.8) is 0 Å². The summed E-state index contributed by atoms with van der Waals surface area (Å²) in [6.45, 7) is 3.12. The Hall–Kier alpha value is -3.40. The molecule has 0 bridgehead atoms. The molecule has 0 amide bonds. The third-order valence-electron chi connectivity index (χ3n) is 4.21. The van der Waals surface area contributed by atoms with Crippen molar-refractivity contribution in [2.75, 3.05) is 11.8 Å². The first-order valence-corrected chi connectivity index (χ1v) is 9.81. The Morgan fingerprint density at radius 1 is 1.25 bits per heavy atom. The number of aromatic nitrogens is 4. The largest absolute Gasteiger partial charge is 0.495 e. The zero-order chi connectivity index (χ0) is 19.9. The van der Waals surface area contributed by atoms with Gasteiger partial charge in [-0.15, -0.1) is 0 Å². The zero-order valence-electron chi connectivity index (χ0n) is 15.4. The van der Waals surface area contributed by atoms with Crippen LogP contribution in [-0.2, 0) is 10.0 Å². The van der Waals surface area contributed by atoms with E-state index in [0.29, 0.717) is 22.8 Å². The topological polar surface area (TPSA) is 112 Å². The van der Waals surface area contributed by atoms with Crippen LogP contribution in [0.15, 0.2) is 52.3 Å². The van der Waals surface area contributed by atoms with E-state index in [2.05, 4.69) is 19.8 Å². The fourth-order valence-corrected chi connectivity index (χ4v) is 4.36. The van der Waals surface area contributed by atoms with Gasteiger partial charge in [0.25, 0.3) is 10.0 Å². The molecular weight excluding hydrogens is 382 g/mol. The van der Waals surface area contributed by atoms with Gasteiger partial charge >= 0.3 is 0 Å². The van der Waals surface area contributed by atoms with Gasteiger partial charge in [0.1, 0.15) is 11.4 Å². The number of nitrogens with zero attached hydrogens (tertiary/aromatic N) is 4. The zero-order valence-corrected chi connectivity index (χ0v) is 16.2. The normalized spacial score (nSPS) is 11.7. The number of fused-ring (bicyclic) bond motifs is 1. The molecule has 0 saturated carbocycles. The van der Waals surface area contributed by atoms with Gasteiger partial charge in [-0.2, -0.15) is 0 Å². The highest BCUT2D eigenvalue weighted by Crippen LogP contribution is 2.33. The number of benzene rings is 1. The first kappa shape index (κ1) is 18.0. The van der Waals surface area contributed by atoms with Crippen molar-refractivity contribution >= 4 is 21.5 Å². The number of hydrogen-bond donors (Lipinski definition) is 1. The summed E-state index contributed by atoms with van der Waals surface area (Å²) in [7, 11) is -2.44. The van der Waals surface area contributed by atoms with Crippen molar-refractivity contribution < 1.29 is 17.7 Å². The molecular formula is C18H17N5O4S. The molecule has 0 aliphatic carbocycles. The number of anilines is 1. The van der Waals surface area contributed by atoms with E-state index in [1.807, 2.05) is 12.4 Å². The van der Waals surface area contributed by atoms with Crippen LogP contribution in [0.1, 0.15) is 11.5 Å². The Morgan fingerprint density at radius 3 is 2.75 bits per heavy atom. The van der Waals surface area contributed by atoms with E-state index < -0.39 is 10.0 Å². The van der Waals surface area contributed by atoms with E-state index >= 15 is 0 Å². The first-order valence-electron chi connectivity index (χ1n) is 8.33. The molecule has 28 heavy (non-hydrogen) atoms. The SMILES string of the molecule is COc1ccc(-c2cn3cccnc3n2)cc1NS(=O)(=O)c1c(C)noc1C. The van der Waals surface area contributed by atoms with Crippen LogP contribution in [0.3, 0.4) is 0 Å². The quantitative estimate of drug-likeness (QED) is 0.549. The van der Waals surface area contributed by atoms with Crippen molar-refractivity contribution in [3.8, 4) is 17.0 Å². The molecule has 10 heteroatoms. The monoisotopic (exact) mass is 399 g/mol. The minimum atomic E-state index is -3.91. The first-order chi connectivity index (χ1) is 13.4. The lowest BCUT2D eigenvalue weighted by atomic mass is 10.1. The maximum atomic E-state index is 12.9. The highest BCUT2D eigenvalue weighted by Gasteiger charge is 2.25. The highest BCUT2D eigenvalue weighted by molar-refractivity contribution is 7.92. The maximum Gasteiger partial charge on any atom is 0.267 e. The molecule has 1 N–H and O–H groups in total. The molecule has 0 radical (unpaired) electrons. The average Bonchev–Trinajstić information content (AvgIpc) is 3.24. The predicted molar refractivity (Wildman–Crippen MR) is 102 cm³/mol. The second-order valence-electron chi connectivity index (χ2n) is 6.13. The van der Waals surface area contributed by atoms with Crippen LogP contribution in [-0.4, -0.2) is 35.1 Å². The standard InChI is InChI=1S/C18H17N5O4S/c1-11-17(12(2)27-21-11)28(24,25)22-14-9-13(5-6-16(14)26-3)15-10-23-8-4-7-19-18(23)20-15/h4-10,22H,1-3H3. The van der Waals surface area contributed by atoms with Crippen LogP contribution in [0, 0.1) is 13.8 Å². The Kier molecular flexibility index (Phi) is 4.27. The Morgan fingerprint density at radius 2 is 2.07 bits per heavy atom. The van der Waals surface area contributed by atoms with Crippen LogP contribution in [0.2, 0.25) is 0 Å². The molecule has 0 unspecified atom stereocenters. The number of sulfonamides is 1. The molecule has 1 aromatic carbocycles. The van der Waals surface area contributed by atoms with Gasteiger partial charge in [0.2, 0.25) is 5.78 Å². The lowest BCUT2D eigenvalue weighted by Crippen LogP contribution is -2.15. The average molecular weight is 399 g/mol. The van der Waals surface area contributed by atoms with Gasteiger partial charge in [0.15, 0.2) is 10.7 Å². The lowest BCUT2D eigenvalue weighted by molar-refractivity contribution is 0.390. The lowest BCUT2D eigenvalue weighted by Gasteiger charge is -2.12. The minimum absolute atomic E-state index is 0.0110. The van der Waals surface area contributed by atoms with Crippen molar-refractivity contribution in [1.82, 2.24) is 19.5 Å². The summed E-state index contributed by atoms with van der Waals surface area (Å²) in [5, 5.41) is 3.71. The van der Waals surface area contributed by atoms with Crippen LogP contribution in [0.4, 0.5) is 5.69 Å². The van der Waals surface area contributed by atoms with Crippen LogP contribution in [0.5, 0.6) is 5.75 Å². The number of ether oxygens (including phenoxy) is 1. The van der Waals surface area contributed by atoms with Crippen molar-refractivity contribution in [3.05, 3.63) is 54.3 Å².